The Morgan fingerprint density at radius 2 is 1.73 bits per heavy atom. The van der Waals surface area contributed by atoms with Gasteiger partial charge in [-0.25, -0.2) is 0 Å². The molecule has 0 radical (unpaired) electrons. The van der Waals surface area contributed by atoms with Crippen molar-refractivity contribution in [3.05, 3.63) is 80.0 Å². The highest BCUT2D eigenvalue weighted by Gasteiger charge is 2.12. The Labute approximate surface area is 169 Å². The summed E-state index contributed by atoms with van der Waals surface area (Å²) in [4.78, 5) is 12.3. The van der Waals surface area contributed by atoms with E-state index in [0.29, 0.717) is 27.8 Å². The van der Waals surface area contributed by atoms with Gasteiger partial charge in [0.05, 0.1) is 34.0 Å². The average Bonchev–Trinajstić information content (AvgIpc) is 3.04. The molecule has 9 heteroatoms. The van der Waals surface area contributed by atoms with Crippen molar-refractivity contribution in [2.24, 2.45) is 0 Å². The lowest BCUT2D eigenvalue weighted by atomic mass is 10.2. The number of hydrogen-bond acceptors (Lipinski definition) is 3. The van der Waals surface area contributed by atoms with E-state index in [-0.39, 0.29) is 10.0 Å². The van der Waals surface area contributed by atoms with Crippen LogP contribution in [0.1, 0.15) is 15.9 Å². The lowest BCUT2D eigenvalue weighted by molar-refractivity contribution is 0.0962. The molecule has 0 bridgehead atoms. The molecule has 0 aliphatic heterocycles. The Morgan fingerprint density at radius 3 is 2.42 bits per heavy atom. The lowest BCUT2D eigenvalue weighted by Gasteiger charge is -2.11. The first-order valence-corrected chi connectivity index (χ1v) is 8.92. The van der Waals surface area contributed by atoms with Crippen LogP contribution in [0.3, 0.4) is 0 Å². The predicted molar refractivity (Wildman–Crippen MR) is 105 cm³/mol. The van der Waals surface area contributed by atoms with E-state index >= 15 is 0 Å². The van der Waals surface area contributed by atoms with E-state index in [1.165, 1.54) is 18.3 Å². The molecule has 0 spiro atoms. The minimum atomic E-state index is -0.391. The van der Waals surface area contributed by atoms with E-state index in [2.05, 4.69) is 16.0 Å². The third-order valence-electron chi connectivity index (χ3n) is 3.49. The van der Waals surface area contributed by atoms with Crippen molar-refractivity contribution in [1.29, 1.82) is 0 Å². The van der Waals surface area contributed by atoms with Crippen LogP contribution < -0.4 is 10.9 Å². The lowest BCUT2D eigenvalue weighted by Crippen LogP contribution is -2.29. The maximum atomic E-state index is 12.3. The molecule has 1 amide bonds. The van der Waals surface area contributed by atoms with Crippen LogP contribution >= 0.6 is 46.4 Å². The number of halogens is 4. The number of rotatable bonds is 5. The van der Waals surface area contributed by atoms with Gasteiger partial charge in [0, 0.05) is 16.2 Å². The van der Waals surface area contributed by atoms with Crippen LogP contribution in [0.2, 0.25) is 20.1 Å². The van der Waals surface area contributed by atoms with E-state index < -0.39 is 5.91 Å². The molecule has 2 aromatic carbocycles. The summed E-state index contributed by atoms with van der Waals surface area (Å²) in [5, 5.41) is 5.80. The summed E-state index contributed by atoms with van der Waals surface area (Å²) >= 11 is 24.1. The van der Waals surface area contributed by atoms with Crippen molar-refractivity contribution in [3.63, 3.8) is 0 Å². The van der Waals surface area contributed by atoms with Gasteiger partial charge in [-0.2, -0.15) is 5.10 Å². The SMILES string of the molecule is O=C(NNc1c(Cl)cc(Cl)cc1Cl)c1cnn(Cc2ccccc2Cl)c1. The molecular weight excluding hydrogens is 418 g/mol. The first-order valence-electron chi connectivity index (χ1n) is 7.41. The number of hydrogen-bond donors (Lipinski definition) is 2. The van der Waals surface area contributed by atoms with E-state index in [0.717, 1.165) is 5.56 Å². The second kappa shape index (κ2) is 8.18. The van der Waals surface area contributed by atoms with Crippen molar-refractivity contribution >= 4 is 58.0 Å². The number of carbonyl (C=O) groups excluding carboxylic acids is 1. The zero-order chi connectivity index (χ0) is 18.7. The van der Waals surface area contributed by atoms with E-state index in [1.54, 1.807) is 16.9 Å². The normalized spacial score (nSPS) is 10.6. The maximum Gasteiger partial charge on any atom is 0.272 e. The van der Waals surface area contributed by atoms with Gasteiger partial charge in [-0.1, -0.05) is 64.6 Å². The highest BCUT2D eigenvalue weighted by Crippen LogP contribution is 2.33. The maximum absolute atomic E-state index is 12.3. The predicted octanol–water partition coefficient (Wildman–Crippen LogP) is 5.30. The summed E-state index contributed by atoms with van der Waals surface area (Å²) in [6.07, 6.45) is 3.07. The molecule has 2 N–H and O–H groups in total. The van der Waals surface area contributed by atoms with Crippen LogP contribution in [-0.4, -0.2) is 15.7 Å². The van der Waals surface area contributed by atoms with Gasteiger partial charge >= 0.3 is 0 Å². The number of nitrogens with one attached hydrogen (secondary N) is 2. The largest absolute Gasteiger partial charge is 0.295 e. The number of carbonyl (C=O) groups is 1. The van der Waals surface area contributed by atoms with Gasteiger partial charge in [-0.15, -0.1) is 0 Å². The van der Waals surface area contributed by atoms with E-state index in [9.17, 15) is 4.79 Å². The van der Waals surface area contributed by atoms with Gasteiger partial charge in [0.25, 0.3) is 5.91 Å². The molecule has 0 saturated heterocycles. The Bertz CT molecular complexity index is 934. The third kappa shape index (κ3) is 4.43. The standard InChI is InChI=1S/C17H12Cl4N4O/c18-12-5-14(20)16(15(21)6-12)23-24-17(26)11-7-22-25(9-11)8-10-3-1-2-4-13(10)19/h1-7,9,23H,8H2,(H,24,26). The summed E-state index contributed by atoms with van der Waals surface area (Å²) < 4.78 is 1.62. The molecular formula is C17H12Cl4N4O. The van der Waals surface area contributed by atoms with Crippen LogP contribution in [0.5, 0.6) is 0 Å². The zero-order valence-electron chi connectivity index (χ0n) is 13.1. The van der Waals surface area contributed by atoms with Gasteiger partial charge in [0.1, 0.15) is 0 Å². The Hall–Kier alpha value is -1.92. The molecule has 26 heavy (non-hydrogen) atoms. The molecule has 0 atom stereocenters. The van der Waals surface area contributed by atoms with Crippen molar-refractivity contribution in [3.8, 4) is 0 Å². The quantitative estimate of drug-likeness (QED) is 0.541. The molecule has 3 aromatic rings. The molecule has 0 unspecified atom stereocenters. The molecule has 5 nitrogen and oxygen atoms in total. The van der Waals surface area contributed by atoms with Crippen LogP contribution in [0.25, 0.3) is 0 Å². The topological polar surface area (TPSA) is 59.0 Å². The molecule has 0 fully saturated rings. The molecule has 3 rings (SSSR count). The molecule has 0 aliphatic carbocycles. The number of nitrogens with zero attached hydrogens (tertiary/aromatic N) is 2. The molecule has 134 valence electrons. The Morgan fingerprint density at radius 1 is 1.04 bits per heavy atom. The van der Waals surface area contributed by atoms with Gasteiger partial charge in [-0.3, -0.25) is 20.3 Å². The molecule has 0 aliphatic rings. The number of hydrazine groups is 1. The van der Waals surface area contributed by atoms with Crippen molar-refractivity contribution in [1.82, 2.24) is 15.2 Å². The minimum Gasteiger partial charge on any atom is -0.295 e. The number of anilines is 1. The smallest absolute Gasteiger partial charge is 0.272 e. The first-order chi connectivity index (χ1) is 12.4. The summed E-state index contributed by atoms with van der Waals surface area (Å²) in [6, 6.07) is 10.5. The monoisotopic (exact) mass is 428 g/mol. The fraction of sp³-hybridized carbons (Fsp3) is 0.0588. The molecule has 1 aromatic heterocycles. The minimum absolute atomic E-state index is 0.289. The average molecular weight is 430 g/mol. The summed E-state index contributed by atoms with van der Waals surface area (Å²) in [7, 11) is 0. The molecule has 1 heterocycles. The van der Waals surface area contributed by atoms with Gasteiger partial charge in [-0.05, 0) is 23.8 Å². The number of amides is 1. The van der Waals surface area contributed by atoms with Crippen LogP contribution in [0.4, 0.5) is 5.69 Å². The summed E-state index contributed by atoms with van der Waals surface area (Å²) in [6.45, 7) is 0.454. The van der Waals surface area contributed by atoms with Gasteiger partial charge < -0.3 is 0 Å². The molecule has 0 saturated carbocycles. The zero-order valence-corrected chi connectivity index (χ0v) is 16.2. The second-order valence-electron chi connectivity index (χ2n) is 5.34. The van der Waals surface area contributed by atoms with Crippen LogP contribution in [0, 0.1) is 0 Å². The third-order valence-corrected chi connectivity index (χ3v) is 4.68. The second-order valence-corrected chi connectivity index (χ2v) is 7.00. The van der Waals surface area contributed by atoms with Gasteiger partial charge in [0.15, 0.2) is 0 Å². The summed E-state index contributed by atoms with van der Waals surface area (Å²) in [5.74, 6) is -0.391. The van der Waals surface area contributed by atoms with Gasteiger partial charge in [0.2, 0.25) is 0 Å². The first kappa shape index (κ1) is 18.9. The highest BCUT2D eigenvalue weighted by atomic mass is 35.5. The van der Waals surface area contributed by atoms with E-state index in [1.807, 2.05) is 18.2 Å². The van der Waals surface area contributed by atoms with Crippen LogP contribution in [0.15, 0.2) is 48.8 Å². The fourth-order valence-corrected chi connectivity index (χ4v) is 3.33. The number of benzene rings is 2. The number of aromatic nitrogens is 2. The van der Waals surface area contributed by atoms with E-state index in [4.69, 9.17) is 46.4 Å². The van der Waals surface area contributed by atoms with Crippen molar-refractivity contribution in [2.75, 3.05) is 5.43 Å². The Kier molecular flexibility index (Phi) is 5.94. The van der Waals surface area contributed by atoms with Crippen LogP contribution in [-0.2, 0) is 6.54 Å². The highest BCUT2D eigenvalue weighted by molar-refractivity contribution is 6.41. The summed E-state index contributed by atoms with van der Waals surface area (Å²) in [5.41, 5.74) is 6.85. The van der Waals surface area contributed by atoms with Crippen molar-refractivity contribution in [2.45, 2.75) is 6.54 Å². The van der Waals surface area contributed by atoms with Crippen molar-refractivity contribution < 1.29 is 4.79 Å². The Balaban J connectivity index is 1.66. The fourth-order valence-electron chi connectivity index (χ4n) is 2.22.